The molecule has 0 amide bonds. The van der Waals surface area contributed by atoms with Gasteiger partial charge in [-0.15, -0.1) is 11.3 Å². The predicted molar refractivity (Wildman–Crippen MR) is 112 cm³/mol. The molecule has 1 saturated carbocycles. The number of hydrogen-bond donors (Lipinski definition) is 2. The number of carboxylic acid groups (broad SMARTS) is 1. The van der Waals surface area contributed by atoms with E-state index < -0.39 is 11.8 Å². The lowest BCUT2D eigenvalue weighted by atomic mass is 9.94. The summed E-state index contributed by atoms with van der Waals surface area (Å²) in [7, 11) is 1.66. The molecule has 0 radical (unpaired) electrons. The van der Waals surface area contributed by atoms with Gasteiger partial charge in [0.2, 0.25) is 0 Å². The number of methoxy groups -OCH3 is 1. The summed E-state index contributed by atoms with van der Waals surface area (Å²) < 4.78 is 25.7. The van der Waals surface area contributed by atoms with Crippen molar-refractivity contribution in [3.05, 3.63) is 40.8 Å². The van der Waals surface area contributed by atoms with Crippen molar-refractivity contribution in [3.8, 4) is 5.75 Å². The Labute approximate surface area is 176 Å². The molecule has 0 spiro atoms. The topological polar surface area (TPSA) is 93.6 Å². The molecular formula is C21H22FN3O4S. The van der Waals surface area contributed by atoms with E-state index in [1.807, 2.05) is 0 Å². The summed E-state index contributed by atoms with van der Waals surface area (Å²) in [4.78, 5) is 20.8. The van der Waals surface area contributed by atoms with Crippen molar-refractivity contribution < 1.29 is 23.8 Å². The lowest BCUT2D eigenvalue weighted by Crippen LogP contribution is -2.36. The van der Waals surface area contributed by atoms with Gasteiger partial charge in [-0.2, -0.15) is 0 Å². The lowest BCUT2D eigenvalue weighted by molar-refractivity contribution is -0.0227. The van der Waals surface area contributed by atoms with E-state index in [-0.39, 0.29) is 17.1 Å². The van der Waals surface area contributed by atoms with Gasteiger partial charge >= 0.3 is 5.97 Å². The molecular weight excluding hydrogens is 409 g/mol. The number of carbonyl (C=O) groups is 1. The van der Waals surface area contributed by atoms with Crippen LogP contribution in [0.25, 0.3) is 10.2 Å². The molecule has 0 unspecified atom stereocenters. The molecule has 2 N–H and O–H groups in total. The Morgan fingerprint density at radius 3 is 2.77 bits per heavy atom. The second kappa shape index (κ2) is 8.53. The first-order chi connectivity index (χ1) is 14.5. The molecule has 1 aromatic carbocycles. The van der Waals surface area contributed by atoms with Crippen molar-refractivity contribution in [2.75, 3.05) is 12.4 Å². The van der Waals surface area contributed by atoms with E-state index in [0.717, 1.165) is 37.0 Å². The highest BCUT2D eigenvalue weighted by molar-refractivity contribution is 7.20. The van der Waals surface area contributed by atoms with Crippen molar-refractivity contribution in [2.24, 2.45) is 0 Å². The first-order valence-corrected chi connectivity index (χ1v) is 10.5. The van der Waals surface area contributed by atoms with Crippen molar-refractivity contribution in [1.29, 1.82) is 0 Å². The SMILES string of the molecule is CO[C@H]1CCCC[C@@H]1Oc1cc(F)ccc1Nc1ncnc2sc(C(=O)O)c(C)c12. The Morgan fingerprint density at radius 1 is 1.27 bits per heavy atom. The number of nitrogens with zero attached hydrogens (tertiary/aromatic N) is 2. The molecule has 1 aliphatic rings. The van der Waals surface area contributed by atoms with Gasteiger partial charge in [-0.25, -0.2) is 19.2 Å². The van der Waals surface area contributed by atoms with E-state index in [1.165, 1.54) is 18.5 Å². The molecule has 3 aromatic rings. The van der Waals surface area contributed by atoms with Crippen molar-refractivity contribution in [1.82, 2.24) is 9.97 Å². The summed E-state index contributed by atoms with van der Waals surface area (Å²) in [6.07, 6.45) is 5.00. The van der Waals surface area contributed by atoms with Crippen LogP contribution < -0.4 is 10.1 Å². The Hall–Kier alpha value is -2.78. The van der Waals surface area contributed by atoms with Crippen LogP contribution >= 0.6 is 11.3 Å². The highest BCUT2D eigenvalue weighted by Gasteiger charge is 2.28. The maximum absolute atomic E-state index is 14.0. The normalized spacial score (nSPS) is 19.0. The number of carboxylic acids is 1. The van der Waals surface area contributed by atoms with Gasteiger partial charge in [-0.1, -0.05) is 6.42 Å². The number of aryl methyl sites for hydroxylation is 1. The minimum atomic E-state index is -1.00. The highest BCUT2D eigenvalue weighted by atomic mass is 32.1. The molecule has 30 heavy (non-hydrogen) atoms. The van der Waals surface area contributed by atoms with E-state index in [1.54, 1.807) is 20.1 Å². The quantitative estimate of drug-likeness (QED) is 0.572. The number of ether oxygens (including phenoxy) is 2. The number of halogens is 1. The van der Waals surface area contributed by atoms with Gasteiger partial charge in [0, 0.05) is 13.2 Å². The van der Waals surface area contributed by atoms with Gasteiger partial charge in [-0.3, -0.25) is 0 Å². The third-order valence-electron chi connectivity index (χ3n) is 5.34. The van der Waals surface area contributed by atoms with Gasteiger partial charge in [-0.05, 0) is 43.9 Å². The molecule has 0 bridgehead atoms. The average Bonchev–Trinajstić information content (AvgIpc) is 3.08. The molecule has 9 heteroatoms. The molecule has 158 valence electrons. The number of thiophene rings is 1. The molecule has 7 nitrogen and oxygen atoms in total. The van der Waals surface area contributed by atoms with Crippen LogP contribution in [-0.4, -0.2) is 40.4 Å². The fourth-order valence-corrected chi connectivity index (χ4v) is 4.81. The number of benzene rings is 1. The van der Waals surface area contributed by atoms with Gasteiger partial charge in [0.25, 0.3) is 0 Å². The minimum Gasteiger partial charge on any atom is -0.485 e. The Morgan fingerprint density at radius 2 is 2.03 bits per heavy atom. The molecule has 2 aromatic heterocycles. The average molecular weight is 431 g/mol. The third kappa shape index (κ3) is 3.95. The highest BCUT2D eigenvalue weighted by Crippen LogP contribution is 2.37. The van der Waals surface area contributed by atoms with Crippen LogP contribution in [0.5, 0.6) is 5.75 Å². The third-order valence-corrected chi connectivity index (χ3v) is 6.53. The number of rotatable bonds is 6. The van der Waals surface area contributed by atoms with Gasteiger partial charge in [0.15, 0.2) is 0 Å². The summed E-state index contributed by atoms with van der Waals surface area (Å²) in [6.45, 7) is 1.73. The standard InChI is InChI=1S/C21H22FN3O4S/c1-11-17-19(23-10-24-20(17)30-18(11)21(26)27)25-13-8-7-12(22)9-16(13)29-15-6-4-3-5-14(15)28-2/h7-10,14-15H,3-6H2,1-2H3,(H,26,27)(H,23,24,25)/t14-,15-/m0/s1. The summed E-state index contributed by atoms with van der Waals surface area (Å²) >= 11 is 1.10. The van der Waals surface area contributed by atoms with Crippen molar-refractivity contribution in [2.45, 2.75) is 44.8 Å². The van der Waals surface area contributed by atoms with E-state index in [0.29, 0.717) is 33.0 Å². The first-order valence-electron chi connectivity index (χ1n) is 9.71. The minimum absolute atomic E-state index is 0.0436. The van der Waals surface area contributed by atoms with E-state index >= 15 is 0 Å². The second-order valence-corrected chi connectivity index (χ2v) is 8.24. The van der Waals surface area contributed by atoms with E-state index in [2.05, 4.69) is 15.3 Å². The number of aromatic carboxylic acids is 1. The van der Waals surface area contributed by atoms with Crippen molar-refractivity contribution >= 4 is 39.0 Å². The largest absolute Gasteiger partial charge is 0.485 e. The van der Waals surface area contributed by atoms with E-state index in [4.69, 9.17) is 9.47 Å². The van der Waals surface area contributed by atoms with Crippen LogP contribution in [0, 0.1) is 12.7 Å². The zero-order chi connectivity index (χ0) is 21.3. The maximum Gasteiger partial charge on any atom is 0.346 e. The number of anilines is 2. The van der Waals surface area contributed by atoms with Gasteiger partial charge < -0.3 is 19.9 Å². The number of hydrogen-bond acceptors (Lipinski definition) is 7. The molecule has 2 atom stereocenters. The molecule has 0 aliphatic heterocycles. The van der Waals surface area contributed by atoms with Gasteiger partial charge in [0.05, 0.1) is 17.2 Å². The van der Waals surface area contributed by atoms with Crippen LogP contribution in [0.3, 0.4) is 0 Å². The first kappa shape index (κ1) is 20.5. The van der Waals surface area contributed by atoms with E-state index in [9.17, 15) is 14.3 Å². The lowest BCUT2D eigenvalue weighted by Gasteiger charge is -2.31. The Kier molecular flexibility index (Phi) is 5.83. The van der Waals surface area contributed by atoms with Crippen LogP contribution in [0.4, 0.5) is 15.9 Å². The summed E-state index contributed by atoms with van der Waals surface area (Å²) in [5, 5.41) is 13.2. The summed E-state index contributed by atoms with van der Waals surface area (Å²) in [6, 6.07) is 4.26. The Balaban J connectivity index is 1.70. The summed E-state index contributed by atoms with van der Waals surface area (Å²) in [5.74, 6) is -0.602. The predicted octanol–water partition coefficient (Wildman–Crippen LogP) is 4.92. The second-order valence-electron chi connectivity index (χ2n) is 7.24. The number of fused-ring (bicyclic) bond motifs is 1. The molecule has 4 rings (SSSR count). The van der Waals surface area contributed by atoms with Crippen LogP contribution in [0.1, 0.15) is 40.9 Å². The molecule has 1 fully saturated rings. The van der Waals surface area contributed by atoms with Crippen LogP contribution in [0.2, 0.25) is 0 Å². The number of aromatic nitrogens is 2. The smallest absolute Gasteiger partial charge is 0.346 e. The molecule has 1 aliphatic carbocycles. The zero-order valence-electron chi connectivity index (χ0n) is 16.6. The molecule has 2 heterocycles. The summed E-state index contributed by atoms with van der Waals surface area (Å²) in [5.41, 5.74) is 1.13. The fourth-order valence-electron chi connectivity index (χ4n) is 3.83. The Bertz CT molecular complexity index is 1090. The molecule has 0 saturated heterocycles. The zero-order valence-corrected chi connectivity index (χ0v) is 17.5. The van der Waals surface area contributed by atoms with Crippen molar-refractivity contribution in [3.63, 3.8) is 0 Å². The van der Waals surface area contributed by atoms with Crippen LogP contribution in [-0.2, 0) is 4.74 Å². The monoisotopic (exact) mass is 431 g/mol. The fraction of sp³-hybridized carbons (Fsp3) is 0.381. The van der Waals surface area contributed by atoms with Crippen LogP contribution in [0.15, 0.2) is 24.5 Å². The van der Waals surface area contributed by atoms with Gasteiger partial charge in [0.1, 0.15) is 39.5 Å². The maximum atomic E-state index is 14.0. The number of nitrogens with one attached hydrogen (secondary N) is 1.